The van der Waals surface area contributed by atoms with Gasteiger partial charge in [0.2, 0.25) is 17.7 Å². The van der Waals surface area contributed by atoms with Crippen LogP contribution < -0.4 is 4.90 Å². The average molecular weight is 597 g/mol. The van der Waals surface area contributed by atoms with Gasteiger partial charge in [-0.2, -0.15) is 0 Å². The Bertz CT molecular complexity index is 1190. The maximum absolute atomic E-state index is 14.6. The molecule has 1 spiro atoms. The zero-order chi connectivity index (χ0) is 30.1. The van der Waals surface area contributed by atoms with Crippen molar-refractivity contribution in [2.24, 2.45) is 11.8 Å². The van der Waals surface area contributed by atoms with E-state index >= 15 is 0 Å². The molecular weight excluding hydrogens is 552 g/mol. The second-order valence-corrected chi connectivity index (χ2v) is 14.0. The van der Waals surface area contributed by atoms with Crippen molar-refractivity contribution in [1.82, 2.24) is 14.7 Å². The summed E-state index contributed by atoms with van der Waals surface area (Å²) in [4.78, 5) is 50.9. The van der Waals surface area contributed by atoms with Crippen LogP contribution in [-0.4, -0.2) is 118 Å². The Hall–Kier alpha value is -2.66. The number of amides is 3. The number of para-hydroxylation sites is 1. The van der Waals surface area contributed by atoms with E-state index in [0.29, 0.717) is 45.8 Å². The summed E-state index contributed by atoms with van der Waals surface area (Å²) in [6.45, 7) is 16.3. The van der Waals surface area contributed by atoms with Crippen LogP contribution >= 0.6 is 11.8 Å². The van der Waals surface area contributed by atoms with Gasteiger partial charge >= 0.3 is 0 Å². The monoisotopic (exact) mass is 596 g/mol. The minimum atomic E-state index is -0.768. The number of anilines is 1. The third kappa shape index (κ3) is 5.20. The molecule has 1 N–H and O–H groups in total. The van der Waals surface area contributed by atoms with Gasteiger partial charge in [0.1, 0.15) is 6.04 Å². The number of hydrogen-bond acceptors (Lipinski definition) is 7. The molecule has 2 bridgehead atoms. The highest BCUT2D eigenvalue weighted by atomic mass is 32.2. The summed E-state index contributed by atoms with van der Waals surface area (Å²) in [5, 5.41) is 10.2. The van der Waals surface area contributed by atoms with E-state index in [2.05, 4.69) is 25.0 Å². The first-order valence-corrected chi connectivity index (χ1v) is 15.8. The number of fused-ring (bicyclic) bond motifs is 1. The van der Waals surface area contributed by atoms with Gasteiger partial charge in [0.15, 0.2) is 0 Å². The molecule has 3 amide bonds. The molecule has 9 nitrogen and oxygen atoms in total. The lowest BCUT2D eigenvalue weighted by molar-refractivity contribution is -0.145. The number of morpholine rings is 1. The number of aliphatic hydroxyl groups excluding tert-OH is 1. The normalized spacial score (nSPS) is 31.1. The van der Waals surface area contributed by atoms with Gasteiger partial charge in [-0.1, -0.05) is 30.4 Å². The molecule has 0 aliphatic carbocycles. The number of thioether (sulfide) groups is 1. The summed E-state index contributed by atoms with van der Waals surface area (Å²) in [6.07, 6.45) is 4.82. The fraction of sp³-hybridized carbons (Fsp3) is 0.594. The summed E-state index contributed by atoms with van der Waals surface area (Å²) < 4.78 is 4.24. The Labute approximate surface area is 253 Å². The fourth-order valence-electron chi connectivity index (χ4n) is 7.52. The lowest BCUT2D eigenvalue weighted by Crippen LogP contribution is -2.58. The smallest absolute Gasteiger partial charge is 0.247 e. The van der Waals surface area contributed by atoms with E-state index < -0.39 is 33.4 Å². The van der Waals surface area contributed by atoms with Crippen molar-refractivity contribution in [3.05, 3.63) is 55.6 Å². The lowest BCUT2D eigenvalue weighted by atomic mass is 9.66. The highest BCUT2D eigenvalue weighted by molar-refractivity contribution is 8.02. The Morgan fingerprint density at radius 2 is 1.83 bits per heavy atom. The Kier molecular flexibility index (Phi) is 9.18. The highest BCUT2D eigenvalue weighted by Gasteiger charge is 2.77. The molecule has 4 heterocycles. The number of carbonyl (C=O) groups excluding carboxylic acids is 3. The van der Waals surface area contributed by atoms with E-state index in [1.807, 2.05) is 30.3 Å². The van der Waals surface area contributed by atoms with E-state index in [0.717, 1.165) is 25.2 Å². The molecule has 2 unspecified atom stereocenters. The molecule has 0 aromatic heterocycles. The minimum Gasteiger partial charge on any atom is -0.394 e. The van der Waals surface area contributed by atoms with Crippen LogP contribution in [0.4, 0.5) is 5.69 Å². The molecule has 0 radical (unpaired) electrons. The molecule has 42 heavy (non-hydrogen) atoms. The minimum absolute atomic E-state index is 0.115. The highest BCUT2D eigenvalue weighted by Crippen LogP contribution is 2.72. The van der Waals surface area contributed by atoms with Crippen molar-refractivity contribution in [1.29, 1.82) is 0 Å². The molecule has 5 rings (SSSR count). The summed E-state index contributed by atoms with van der Waals surface area (Å²) >= 11 is 1.65. The summed E-state index contributed by atoms with van der Waals surface area (Å²) in [5.74, 6) is -1.71. The van der Waals surface area contributed by atoms with Gasteiger partial charge in [-0.3, -0.25) is 19.3 Å². The first-order chi connectivity index (χ1) is 20.2. The molecule has 10 heteroatoms. The van der Waals surface area contributed by atoms with Gasteiger partial charge < -0.3 is 24.5 Å². The molecule has 0 saturated carbocycles. The van der Waals surface area contributed by atoms with Crippen LogP contribution in [0.3, 0.4) is 0 Å². The van der Waals surface area contributed by atoms with Crippen molar-refractivity contribution in [2.45, 2.75) is 48.3 Å². The summed E-state index contributed by atoms with van der Waals surface area (Å²) in [6, 6.07) is 8.15. The van der Waals surface area contributed by atoms with Crippen molar-refractivity contribution in [2.75, 3.05) is 64.0 Å². The van der Waals surface area contributed by atoms with Crippen LogP contribution in [0, 0.1) is 11.8 Å². The molecular formula is C32H44N4O5S. The maximum atomic E-state index is 14.6. The molecule has 4 saturated heterocycles. The maximum Gasteiger partial charge on any atom is 0.247 e. The van der Waals surface area contributed by atoms with Crippen LogP contribution in [0.25, 0.3) is 0 Å². The number of rotatable bonds is 12. The first kappa shape index (κ1) is 30.8. The zero-order valence-corrected chi connectivity index (χ0v) is 25.6. The van der Waals surface area contributed by atoms with Crippen molar-refractivity contribution >= 4 is 35.2 Å². The first-order valence-electron chi connectivity index (χ1n) is 15.0. The molecule has 6 atom stereocenters. The molecule has 4 aliphatic heterocycles. The van der Waals surface area contributed by atoms with Crippen LogP contribution in [-0.2, 0) is 19.1 Å². The molecule has 228 valence electrons. The SMILES string of the molecule is C=CCN(CCN1CCOCC1)C(=O)C1N([C@H](C)CO)C(=O)[C@@H]2[C@@H](C(=O)N(CC=C)c3ccccc3)[C@@]3(C)CCC12S3. The number of aliphatic hydroxyl groups is 1. The molecule has 1 aromatic carbocycles. The van der Waals surface area contributed by atoms with Gasteiger partial charge in [0.25, 0.3) is 0 Å². The third-order valence-corrected chi connectivity index (χ3v) is 11.5. The second-order valence-electron chi connectivity index (χ2n) is 12.1. The van der Waals surface area contributed by atoms with Gasteiger partial charge in [-0.15, -0.1) is 24.9 Å². The van der Waals surface area contributed by atoms with Crippen molar-refractivity contribution < 1.29 is 24.2 Å². The predicted molar refractivity (Wildman–Crippen MR) is 165 cm³/mol. The standard InChI is InChI=1S/C32H44N4O5S/c1-5-14-34(17-16-33-18-20-41-21-19-33)30(40)27-32-13-12-31(4,42-32)25(26(32)29(39)36(27)23(3)22-37)28(38)35(15-6-2)24-10-8-7-9-11-24/h5-11,23,25-27,37H,1-2,12-22H2,3-4H3/t23-,25+,26+,27?,31-,32?/m1/s1. The molecule has 4 aliphatic rings. The van der Waals surface area contributed by atoms with Gasteiger partial charge in [-0.05, 0) is 38.8 Å². The van der Waals surface area contributed by atoms with Gasteiger partial charge in [-0.25, -0.2) is 0 Å². The van der Waals surface area contributed by atoms with Crippen molar-refractivity contribution in [3.8, 4) is 0 Å². The van der Waals surface area contributed by atoms with E-state index in [1.54, 1.807) is 45.5 Å². The zero-order valence-electron chi connectivity index (χ0n) is 24.8. The largest absolute Gasteiger partial charge is 0.394 e. The Morgan fingerprint density at radius 3 is 2.48 bits per heavy atom. The van der Waals surface area contributed by atoms with Crippen LogP contribution in [0.15, 0.2) is 55.6 Å². The van der Waals surface area contributed by atoms with E-state index in [4.69, 9.17) is 4.74 Å². The number of benzene rings is 1. The van der Waals surface area contributed by atoms with Crippen LogP contribution in [0.1, 0.15) is 26.7 Å². The fourth-order valence-corrected chi connectivity index (χ4v) is 9.85. The van der Waals surface area contributed by atoms with Crippen LogP contribution in [0.5, 0.6) is 0 Å². The topological polar surface area (TPSA) is 93.6 Å². The predicted octanol–water partition coefficient (Wildman–Crippen LogP) is 2.41. The van der Waals surface area contributed by atoms with E-state index in [9.17, 15) is 19.5 Å². The third-order valence-electron chi connectivity index (χ3n) is 9.55. The number of carbonyl (C=O) groups is 3. The Balaban J connectivity index is 1.50. The van der Waals surface area contributed by atoms with E-state index in [1.165, 1.54) is 0 Å². The number of hydrogen-bond donors (Lipinski definition) is 1. The quantitative estimate of drug-likeness (QED) is 0.371. The number of likely N-dealkylation sites (tertiary alicyclic amines) is 1. The van der Waals surface area contributed by atoms with Crippen molar-refractivity contribution in [3.63, 3.8) is 0 Å². The molecule has 4 fully saturated rings. The summed E-state index contributed by atoms with van der Waals surface area (Å²) in [5.41, 5.74) is 0.756. The molecule has 1 aromatic rings. The Morgan fingerprint density at radius 1 is 1.14 bits per heavy atom. The van der Waals surface area contributed by atoms with Gasteiger partial charge in [0.05, 0.1) is 42.4 Å². The number of ether oxygens (including phenoxy) is 1. The van der Waals surface area contributed by atoms with Gasteiger partial charge in [0, 0.05) is 49.7 Å². The number of nitrogens with zero attached hydrogens (tertiary/aromatic N) is 4. The lowest BCUT2D eigenvalue weighted by Gasteiger charge is -2.39. The summed E-state index contributed by atoms with van der Waals surface area (Å²) in [7, 11) is 0. The average Bonchev–Trinajstić information content (AvgIpc) is 3.58. The van der Waals surface area contributed by atoms with E-state index in [-0.39, 0.29) is 24.3 Å². The van der Waals surface area contributed by atoms with Crippen LogP contribution in [0.2, 0.25) is 0 Å². The second kappa shape index (κ2) is 12.5.